The Kier molecular flexibility index (Phi) is 6.41. The first-order valence-corrected chi connectivity index (χ1v) is 12.0. The molecule has 1 aromatic carbocycles. The fourth-order valence-corrected chi connectivity index (χ4v) is 4.74. The highest BCUT2D eigenvalue weighted by Crippen LogP contribution is 2.24. The van der Waals surface area contributed by atoms with E-state index in [1.807, 2.05) is 43.5 Å². The standard InChI is InChI=1S/C24H26ClN5O2S/c1-13(2)15(4)26-21(31)11-19-12-33-24-27-16(5)22(23(32)29(19)24)20-9-14(3)30(28-20)18-8-6-7-17(25)10-18/h6-10,12-13,15H,11H2,1-5H3,(H,26,31)/t15-/m1/s1. The van der Waals surface area contributed by atoms with Crippen molar-refractivity contribution in [2.24, 2.45) is 5.92 Å². The molecule has 1 atom stereocenters. The normalized spacial score (nSPS) is 12.5. The average molecular weight is 484 g/mol. The van der Waals surface area contributed by atoms with E-state index in [0.717, 1.165) is 11.4 Å². The smallest absolute Gasteiger partial charge is 0.268 e. The minimum Gasteiger partial charge on any atom is -0.353 e. The quantitative estimate of drug-likeness (QED) is 0.435. The van der Waals surface area contributed by atoms with E-state index in [1.54, 1.807) is 17.7 Å². The van der Waals surface area contributed by atoms with Crippen LogP contribution in [-0.4, -0.2) is 31.1 Å². The first kappa shape index (κ1) is 23.2. The first-order valence-electron chi connectivity index (χ1n) is 10.8. The molecule has 172 valence electrons. The number of hydrogen-bond acceptors (Lipinski definition) is 5. The molecule has 0 saturated carbocycles. The molecule has 7 nitrogen and oxygen atoms in total. The average Bonchev–Trinajstić information content (AvgIpc) is 3.31. The number of amides is 1. The Morgan fingerprint density at radius 3 is 2.67 bits per heavy atom. The zero-order chi connectivity index (χ0) is 23.9. The van der Waals surface area contributed by atoms with Crippen LogP contribution in [-0.2, 0) is 11.2 Å². The molecule has 0 aliphatic carbocycles. The highest BCUT2D eigenvalue weighted by Gasteiger charge is 2.20. The van der Waals surface area contributed by atoms with Gasteiger partial charge in [0.2, 0.25) is 5.91 Å². The minimum atomic E-state index is -0.228. The molecule has 4 rings (SSSR count). The number of carbonyl (C=O) groups is 1. The summed E-state index contributed by atoms with van der Waals surface area (Å²) in [4.78, 5) is 31.3. The predicted octanol–water partition coefficient (Wildman–Crippen LogP) is 4.58. The summed E-state index contributed by atoms with van der Waals surface area (Å²) in [5, 5.41) is 10.1. The SMILES string of the molecule is Cc1nc2scc(CC(=O)N[C@H](C)C(C)C)n2c(=O)c1-c1cc(C)n(-c2cccc(Cl)c2)n1. The van der Waals surface area contributed by atoms with Gasteiger partial charge in [-0.05, 0) is 51.0 Å². The van der Waals surface area contributed by atoms with Crippen LogP contribution < -0.4 is 10.9 Å². The summed E-state index contributed by atoms with van der Waals surface area (Å²) in [6.07, 6.45) is 0.108. The number of rotatable bonds is 6. The van der Waals surface area contributed by atoms with E-state index in [9.17, 15) is 9.59 Å². The number of aromatic nitrogens is 4. The molecule has 0 unspecified atom stereocenters. The van der Waals surface area contributed by atoms with Crippen molar-refractivity contribution in [3.05, 3.63) is 68.2 Å². The maximum Gasteiger partial charge on any atom is 0.268 e. The fraction of sp³-hybridized carbons (Fsp3) is 0.333. The number of hydrogen-bond donors (Lipinski definition) is 1. The third-order valence-electron chi connectivity index (χ3n) is 5.75. The molecule has 0 aliphatic heterocycles. The van der Waals surface area contributed by atoms with Crippen molar-refractivity contribution in [3.8, 4) is 16.9 Å². The van der Waals surface area contributed by atoms with Crippen LogP contribution in [0.25, 0.3) is 21.9 Å². The van der Waals surface area contributed by atoms with Gasteiger partial charge in [0.1, 0.15) is 5.69 Å². The molecule has 1 amide bonds. The lowest BCUT2D eigenvalue weighted by Crippen LogP contribution is -2.37. The molecular formula is C24H26ClN5O2S. The summed E-state index contributed by atoms with van der Waals surface area (Å²) in [7, 11) is 0. The maximum absolute atomic E-state index is 13.6. The van der Waals surface area contributed by atoms with Gasteiger partial charge in [0.25, 0.3) is 5.56 Å². The molecule has 0 fully saturated rings. The van der Waals surface area contributed by atoms with Crippen molar-refractivity contribution in [2.45, 2.75) is 47.1 Å². The van der Waals surface area contributed by atoms with E-state index in [1.165, 1.54) is 15.7 Å². The minimum absolute atomic E-state index is 0.0495. The first-order chi connectivity index (χ1) is 15.7. The van der Waals surface area contributed by atoms with E-state index in [0.29, 0.717) is 38.5 Å². The molecule has 33 heavy (non-hydrogen) atoms. The van der Waals surface area contributed by atoms with E-state index >= 15 is 0 Å². The summed E-state index contributed by atoms with van der Waals surface area (Å²) in [5.74, 6) is 0.204. The molecule has 4 aromatic rings. The van der Waals surface area contributed by atoms with Crippen LogP contribution in [0.15, 0.2) is 40.5 Å². The van der Waals surface area contributed by atoms with Gasteiger partial charge in [0.15, 0.2) is 4.96 Å². The number of nitrogens with one attached hydrogen (secondary N) is 1. The van der Waals surface area contributed by atoms with Gasteiger partial charge in [0, 0.05) is 27.8 Å². The summed E-state index contributed by atoms with van der Waals surface area (Å²) in [6, 6.07) is 9.30. The lowest BCUT2D eigenvalue weighted by Gasteiger charge is -2.17. The van der Waals surface area contributed by atoms with Crippen molar-refractivity contribution >= 4 is 33.8 Å². The second kappa shape index (κ2) is 9.11. The topological polar surface area (TPSA) is 81.3 Å². The van der Waals surface area contributed by atoms with Crippen LogP contribution in [0, 0.1) is 19.8 Å². The number of thiazole rings is 1. The summed E-state index contributed by atoms with van der Waals surface area (Å²) in [6.45, 7) is 9.81. The second-order valence-electron chi connectivity index (χ2n) is 8.56. The maximum atomic E-state index is 13.6. The van der Waals surface area contributed by atoms with Crippen molar-refractivity contribution in [3.63, 3.8) is 0 Å². The van der Waals surface area contributed by atoms with Gasteiger partial charge in [-0.2, -0.15) is 5.10 Å². The van der Waals surface area contributed by atoms with Gasteiger partial charge in [-0.25, -0.2) is 9.67 Å². The van der Waals surface area contributed by atoms with Crippen molar-refractivity contribution in [1.82, 2.24) is 24.5 Å². The largest absolute Gasteiger partial charge is 0.353 e. The third-order valence-corrected chi connectivity index (χ3v) is 6.86. The zero-order valence-electron chi connectivity index (χ0n) is 19.2. The molecule has 9 heteroatoms. The van der Waals surface area contributed by atoms with E-state index in [2.05, 4.69) is 29.2 Å². The fourth-order valence-electron chi connectivity index (χ4n) is 3.63. The number of benzene rings is 1. The van der Waals surface area contributed by atoms with Crippen LogP contribution in [0.5, 0.6) is 0 Å². The van der Waals surface area contributed by atoms with Crippen LogP contribution in [0.1, 0.15) is 37.9 Å². The Morgan fingerprint density at radius 2 is 1.97 bits per heavy atom. The highest BCUT2D eigenvalue weighted by molar-refractivity contribution is 7.15. The number of aryl methyl sites for hydroxylation is 2. The monoisotopic (exact) mass is 483 g/mol. The molecule has 1 N–H and O–H groups in total. The number of carbonyl (C=O) groups excluding carboxylic acids is 1. The highest BCUT2D eigenvalue weighted by atomic mass is 35.5. The Morgan fingerprint density at radius 1 is 1.21 bits per heavy atom. The Labute approximate surface area is 201 Å². The Balaban J connectivity index is 1.76. The molecule has 0 spiro atoms. The van der Waals surface area contributed by atoms with Crippen LogP contribution >= 0.6 is 22.9 Å². The van der Waals surface area contributed by atoms with Gasteiger partial charge < -0.3 is 5.32 Å². The van der Waals surface area contributed by atoms with Crippen molar-refractivity contribution in [1.29, 1.82) is 0 Å². The van der Waals surface area contributed by atoms with Crippen molar-refractivity contribution < 1.29 is 4.79 Å². The molecule has 3 aromatic heterocycles. The number of fused-ring (bicyclic) bond motifs is 1. The number of nitrogens with zero attached hydrogens (tertiary/aromatic N) is 4. The summed E-state index contributed by atoms with van der Waals surface area (Å²) in [5.41, 5.74) is 3.62. The van der Waals surface area contributed by atoms with Gasteiger partial charge in [-0.1, -0.05) is 31.5 Å². The second-order valence-corrected chi connectivity index (χ2v) is 9.83. The lowest BCUT2D eigenvalue weighted by molar-refractivity contribution is -0.121. The Hall–Kier alpha value is -2.97. The third kappa shape index (κ3) is 4.58. The lowest BCUT2D eigenvalue weighted by atomic mass is 10.1. The van der Waals surface area contributed by atoms with Gasteiger partial charge >= 0.3 is 0 Å². The molecule has 0 bridgehead atoms. The zero-order valence-corrected chi connectivity index (χ0v) is 20.8. The van der Waals surface area contributed by atoms with Gasteiger partial charge in [0.05, 0.1) is 23.4 Å². The van der Waals surface area contributed by atoms with E-state index in [-0.39, 0.29) is 23.9 Å². The number of halogens is 1. The van der Waals surface area contributed by atoms with Crippen LogP contribution in [0.2, 0.25) is 5.02 Å². The van der Waals surface area contributed by atoms with E-state index < -0.39 is 0 Å². The van der Waals surface area contributed by atoms with Crippen molar-refractivity contribution in [2.75, 3.05) is 0 Å². The predicted molar refractivity (Wildman–Crippen MR) is 133 cm³/mol. The van der Waals surface area contributed by atoms with Gasteiger partial charge in [-0.3, -0.25) is 14.0 Å². The van der Waals surface area contributed by atoms with Gasteiger partial charge in [-0.15, -0.1) is 11.3 Å². The molecule has 3 heterocycles. The summed E-state index contributed by atoms with van der Waals surface area (Å²) >= 11 is 7.50. The van der Waals surface area contributed by atoms with Crippen LogP contribution in [0.4, 0.5) is 0 Å². The Bertz CT molecular complexity index is 1400. The van der Waals surface area contributed by atoms with Crippen LogP contribution in [0.3, 0.4) is 0 Å². The molecule has 0 aliphatic rings. The molecule has 0 radical (unpaired) electrons. The summed E-state index contributed by atoms with van der Waals surface area (Å²) < 4.78 is 3.28. The molecular weight excluding hydrogens is 458 g/mol. The molecule has 0 saturated heterocycles. The van der Waals surface area contributed by atoms with E-state index in [4.69, 9.17) is 11.6 Å².